The molecule has 772 valence electrons. The number of piperazine rings is 1. The SMILES string of the molecule is CC(C)N[C@H](CCCCN1CCCCC1)C(=O)N1C[C@@H](c2ccc(F)c(F)c2)[C@H]1C(=O)CCc1ccc2c(c1)C(Cl)=CC2.CC(C)N[C@H](CCCCN1CCOCC1)C(=O)N1CC[C@H]1C(=O)CCc1cnc2[nH]cc(Cl)c2c1.N[C@H](CCCCN1CCN(c2ncccn2)CC1)C(=O)N1CC[C@H]1C(=O)NCc1ccc2c(c1)C(Cl)=CC2.N[C@H](CCCCO)C(=O)N1CC[C@H]1C(=O)NCc1ccc2c(c1)C(Cl)=CC2. The first-order chi connectivity index (χ1) is 69.1. The van der Waals surface area contributed by atoms with Gasteiger partial charge in [-0.25, -0.2) is 23.7 Å². The molecule has 28 nitrogen and oxygen atoms in total. The Morgan fingerprint density at radius 2 is 0.972 bits per heavy atom. The number of rotatable bonds is 43. The van der Waals surface area contributed by atoms with Crippen molar-refractivity contribution in [3.8, 4) is 0 Å². The van der Waals surface area contributed by atoms with Crippen LogP contribution in [0.25, 0.3) is 26.1 Å². The largest absolute Gasteiger partial charge is 0.396 e. The van der Waals surface area contributed by atoms with Gasteiger partial charge in [-0.2, -0.15) is 0 Å². The third-order valence-corrected chi connectivity index (χ3v) is 30.6. The number of halogens is 6. The van der Waals surface area contributed by atoms with Crippen LogP contribution < -0.4 is 37.6 Å². The van der Waals surface area contributed by atoms with E-state index in [1.807, 2.05) is 86.7 Å². The second-order valence-electron chi connectivity index (χ2n) is 40.1. The lowest BCUT2D eigenvalue weighted by Crippen LogP contribution is -2.64. The zero-order valence-electron chi connectivity index (χ0n) is 83.3. The van der Waals surface area contributed by atoms with Gasteiger partial charge < -0.3 is 77.0 Å². The maximum Gasteiger partial charge on any atom is 0.243 e. The second kappa shape index (κ2) is 53.7. The molecule has 0 unspecified atom stereocenters. The predicted molar refractivity (Wildman–Crippen MR) is 559 cm³/mol. The molecule has 4 aromatic carbocycles. The third kappa shape index (κ3) is 29.9. The molecule has 7 saturated heterocycles. The summed E-state index contributed by atoms with van der Waals surface area (Å²) in [4.78, 5) is 137. The molecule has 7 fully saturated rings. The van der Waals surface area contributed by atoms with Crippen molar-refractivity contribution in [1.29, 1.82) is 0 Å². The topological polar surface area (TPSA) is 347 Å². The summed E-state index contributed by atoms with van der Waals surface area (Å²) in [6.07, 6.45) is 33.0. The number of aromatic nitrogens is 4. The van der Waals surface area contributed by atoms with Gasteiger partial charge in [0.2, 0.25) is 41.4 Å². The number of morpholine rings is 1. The number of unbranched alkanes of at least 4 members (excludes halogenated alkanes) is 4. The number of aryl methyl sites for hydroxylation is 2. The number of likely N-dealkylation sites (tertiary alicyclic amines) is 5. The number of ether oxygens (including phenoxy) is 1. The van der Waals surface area contributed by atoms with Gasteiger partial charge in [0, 0.05) is 161 Å². The minimum absolute atomic E-state index is 0.0649. The Hall–Kier alpha value is -9.51. The van der Waals surface area contributed by atoms with Crippen molar-refractivity contribution in [2.24, 2.45) is 11.5 Å². The smallest absolute Gasteiger partial charge is 0.243 e. The molecule has 7 aliphatic heterocycles. The number of Topliss-reactive ketones (excluding diaryl/α,β-unsaturated/α-hetero) is 2. The Morgan fingerprint density at radius 3 is 1.48 bits per heavy atom. The lowest BCUT2D eigenvalue weighted by molar-refractivity contribution is -0.150. The number of aromatic amines is 1. The van der Waals surface area contributed by atoms with Crippen LogP contribution >= 0.6 is 46.4 Å². The summed E-state index contributed by atoms with van der Waals surface area (Å²) in [5.74, 6) is -1.99. The van der Waals surface area contributed by atoms with Crippen molar-refractivity contribution in [1.82, 2.24) is 75.5 Å². The van der Waals surface area contributed by atoms with Crippen LogP contribution in [-0.4, -0.2) is 285 Å². The van der Waals surface area contributed by atoms with Gasteiger partial charge in [-0.15, -0.1) is 0 Å². The monoisotopic (exact) mass is 2040 g/mol. The van der Waals surface area contributed by atoms with Gasteiger partial charge in [-0.05, 0) is 258 Å². The summed E-state index contributed by atoms with van der Waals surface area (Å²) in [7, 11) is 0. The number of hydrogen-bond donors (Lipinski definition) is 8. The molecule has 143 heavy (non-hydrogen) atoms. The number of hydrogen-bond acceptors (Lipinski definition) is 21. The summed E-state index contributed by atoms with van der Waals surface area (Å²) in [5, 5.41) is 25.3. The van der Waals surface area contributed by atoms with Crippen LogP contribution in [0.2, 0.25) is 5.02 Å². The molecule has 6 amide bonds. The maximum atomic E-state index is 14.2. The summed E-state index contributed by atoms with van der Waals surface area (Å²) >= 11 is 25.0. The number of aliphatic hydroxyl groups is 1. The number of nitrogens with one attached hydrogen (secondary N) is 5. The predicted octanol–water partition coefficient (Wildman–Crippen LogP) is 13.5. The number of nitrogens with zero attached hydrogens (tertiary/aromatic N) is 11. The molecular weight excluding hydrogens is 1900 g/mol. The number of nitrogens with two attached hydrogens (primary N) is 2. The summed E-state index contributed by atoms with van der Waals surface area (Å²) in [5.41, 5.74) is 24.1. The number of carbonyl (C=O) groups is 8. The van der Waals surface area contributed by atoms with Crippen LogP contribution in [0.5, 0.6) is 0 Å². The van der Waals surface area contributed by atoms with Crippen molar-refractivity contribution < 1.29 is 57.0 Å². The molecule has 3 aliphatic carbocycles. The minimum Gasteiger partial charge on any atom is -0.396 e. The summed E-state index contributed by atoms with van der Waals surface area (Å²) < 4.78 is 33.4. The number of ketones is 2. The molecule has 0 radical (unpaired) electrons. The van der Waals surface area contributed by atoms with E-state index in [1.165, 1.54) is 48.1 Å². The van der Waals surface area contributed by atoms with Crippen LogP contribution in [-0.2, 0) is 88.3 Å². The number of amides is 6. The fourth-order valence-electron chi connectivity index (χ4n) is 20.6. The lowest BCUT2D eigenvalue weighted by atomic mass is 9.78. The van der Waals surface area contributed by atoms with Crippen LogP contribution in [0.4, 0.5) is 14.7 Å². The Labute approximate surface area is 860 Å². The third-order valence-electron chi connectivity index (χ3n) is 29.2. The van der Waals surface area contributed by atoms with E-state index in [0.29, 0.717) is 114 Å². The standard InChI is InChI=1S/C35H44ClF2N3O2.C28H36ClN7O2.C26H38ClN5O3.C20H26ClN3O3/c1-23(2)39-32(8-4-7-19-40-17-5-3-6-18-40)35(43)41-22-28(26-13-15-30(37)31(38)21-26)34(41)33(42)16-10-24-9-11-25-12-14-29(36)27(25)20-24;29-23-8-7-21-6-5-20(18-22(21)23)19-33-26(37)25-9-13-36(25)27(38)24(30)4-1-2-12-34-14-16-35(17-15-34)28-31-10-3-11-32-28;1-18(2)30-22(5-3-4-9-31-11-13-35-14-12-31)26(34)32-10-8-23(32)24(33)7-6-19-15-20-21(27)17-29-25(20)28-16-19;21-16-7-6-14-5-4-13(11-15(14)16)12-23-19(26)18-8-9-24(18)20(27)17(22)3-1-2-10-25/h9,11,13-15,20-21,23,28,32,34,39H,3-8,10,12,16-19,22H2,1-2H3;3,5-6,8,10-11,18,24-25H,1-2,4,7,9,12-17,19,30H2,(H,33,37);15-18,22-23,30H,3-14H2,1-2H3,(H,28,29);4-5,7,11,17-18,25H,1-3,6,8-10,12,22H2,(H,23,26)/t28-,32+,34-;24-,25+;22-,23+;17-,18+/m0111/s1. The van der Waals surface area contributed by atoms with Gasteiger partial charge in [0.25, 0.3) is 0 Å². The number of allylic oxidation sites excluding steroid dienone is 3. The minimum atomic E-state index is -0.940. The number of carbonyl (C=O) groups excluding carboxylic acids is 8. The van der Waals surface area contributed by atoms with Crippen molar-refractivity contribution in [3.63, 3.8) is 0 Å². The average molecular weight is 2050 g/mol. The molecule has 34 heteroatoms. The molecule has 0 bridgehead atoms. The van der Waals surface area contributed by atoms with Crippen LogP contribution in [0.3, 0.4) is 0 Å². The van der Waals surface area contributed by atoms with Gasteiger partial charge >= 0.3 is 0 Å². The zero-order valence-corrected chi connectivity index (χ0v) is 86.3. The Balaban J connectivity index is 0.000000153. The highest BCUT2D eigenvalue weighted by Gasteiger charge is 2.49. The summed E-state index contributed by atoms with van der Waals surface area (Å²) in [6, 6.07) is 22.5. The van der Waals surface area contributed by atoms with E-state index in [2.05, 4.69) is 86.8 Å². The first kappa shape index (κ1) is 109. The molecule has 9 atom stereocenters. The first-order valence-corrected chi connectivity index (χ1v) is 53.4. The van der Waals surface area contributed by atoms with Crippen LogP contribution in [0.15, 0.2) is 128 Å². The molecule has 7 aromatic rings. The van der Waals surface area contributed by atoms with Crippen molar-refractivity contribution in [2.45, 2.75) is 268 Å². The lowest BCUT2D eigenvalue weighted by Gasteiger charge is -2.49. The highest BCUT2D eigenvalue weighted by atomic mass is 35.5. The number of aliphatic hydroxyl groups excluding tert-OH is 1. The van der Waals surface area contributed by atoms with Crippen molar-refractivity contribution >= 4 is 125 Å². The Morgan fingerprint density at radius 1 is 0.497 bits per heavy atom. The van der Waals surface area contributed by atoms with Gasteiger partial charge in [0.15, 0.2) is 23.2 Å². The van der Waals surface area contributed by atoms with E-state index in [-0.39, 0.29) is 90.1 Å². The van der Waals surface area contributed by atoms with Crippen LogP contribution in [0, 0.1) is 11.6 Å². The molecule has 0 spiro atoms. The molecule has 10 aliphatic rings. The van der Waals surface area contributed by atoms with Gasteiger partial charge in [-0.1, -0.05) is 160 Å². The number of piperidine rings is 1. The summed E-state index contributed by atoms with van der Waals surface area (Å²) in [6.45, 7) is 24.0. The van der Waals surface area contributed by atoms with Crippen LogP contribution in [0.1, 0.15) is 223 Å². The number of H-pyrrole nitrogens is 1. The van der Waals surface area contributed by atoms with E-state index < -0.39 is 47.9 Å². The van der Waals surface area contributed by atoms with Crippen molar-refractivity contribution in [2.75, 3.05) is 123 Å². The second-order valence-corrected chi connectivity index (χ2v) is 41.7. The van der Waals surface area contributed by atoms with E-state index in [4.69, 9.17) is 67.7 Å². The van der Waals surface area contributed by atoms with E-state index in [9.17, 15) is 47.1 Å². The van der Waals surface area contributed by atoms with E-state index in [1.54, 1.807) is 44.4 Å². The van der Waals surface area contributed by atoms with Gasteiger partial charge in [0.1, 0.15) is 17.7 Å². The molecule has 10 N–H and O–H groups in total. The molecule has 3 aromatic heterocycles. The number of benzene rings is 4. The van der Waals surface area contributed by atoms with Gasteiger partial charge in [0.05, 0.1) is 54.5 Å². The van der Waals surface area contributed by atoms with E-state index in [0.717, 1.165) is 233 Å². The van der Waals surface area contributed by atoms with Crippen molar-refractivity contribution in [3.05, 3.63) is 206 Å². The first-order valence-electron chi connectivity index (χ1n) is 51.9. The fraction of sp³-hybridized carbons (Fsp3) is 0.550. The van der Waals surface area contributed by atoms with E-state index >= 15 is 0 Å². The molecular formula is C109H144Cl4F2N18O10. The Kier molecular flexibility index (Phi) is 41.0. The molecule has 17 rings (SSSR count). The number of fused-ring (bicyclic) bond motifs is 4. The highest BCUT2D eigenvalue weighted by molar-refractivity contribution is 6.50. The fourth-order valence-corrected chi connectivity index (χ4v) is 21.6. The average Bonchev–Trinajstić information content (AvgIpc) is 1.53. The quantitative estimate of drug-likeness (QED) is 0.0165. The normalized spacial score (nSPS) is 20.1. The number of anilines is 1. The molecule has 0 saturated carbocycles. The maximum absolute atomic E-state index is 14.2. The highest BCUT2D eigenvalue weighted by Crippen LogP contribution is 2.40. The number of pyridine rings is 1. The Bertz CT molecular complexity index is 5600. The van der Waals surface area contributed by atoms with Gasteiger partial charge in [-0.3, -0.25) is 48.2 Å². The zero-order chi connectivity index (χ0) is 101. The molecule has 10 heterocycles.